The van der Waals surface area contributed by atoms with Crippen molar-refractivity contribution < 1.29 is 19.7 Å². The maximum atomic E-state index is 11.7. The summed E-state index contributed by atoms with van der Waals surface area (Å²) in [5, 5.41) is 22.2. The average Bonchev–Trinajstić information content (AvgIpc) is 3.06. The highest BCUT2D eigenvalue weighted by Crippen LogP contribution is 2.69. The fraction of sp³-hybridized carbons (Fsp3) is 0.962. The molecule has 31 heavy (non-hydrogen) atoms. The predicted molar refractivity (Wildman–Crippen MR) is 121 cm³/mol. The van der Waals surface area contributed by atoms with Crippen molar-refractivity contribution in [1.82, 2.24) is 0 Å². The molecular weight excluding hydrogens is 390 g/mol. The van der Waals surface area contributed by atoms with E-state index < -0.39 is 6.09 Å². The van der Waals surface area contributed by atoms with Crippen molar-refractivity contribution in [3.8, 4) is 0 Å². The summed E-state index contributed by atoms with van der Waals surface area (Å²) < 4.78 is 5.03. The van der Waals surface area contributed by atoms with E-state index in [0.29, 0.717) is 48.0 Å². The van der Waals surface area contributed by atoms with Crippen molar-refractivity contribution in [2.24, 2.45) is 58.0 Å². The lowest BCUT2D eigenvalue weighted by atomic mass is 9.41. The zero-order chi connectivity index (χ0) is 22.6. The molecule has 178 valence electrons. The minimum Gasteiger partial charge on any atom is -0.450 e. The first-order valence-electron chi connectivity index (χ1n) is 12.9. The Kier molecular flexibility index (Phi) is 6.42. The van der Waals surface area contributed by atoms with Gasteiger partial charge in [-0.25, -0.2) is 4.79 Å². The first-order chi connectivity index (χ1) is 14.6. The molecule has 0 aliphatic heterocycles. The van der Waals surface area contributed by atoms with E-state index in [2.05, 4.69) is 27.7 Å². The maximum absolute atomic E-state index is 11.7. The van der Waals surface area contributed by atoms with Gasteiger partial charge >= 0.3 is 6.09 Å². The largest absolute Gasteiger partial charge is 0.450 e. The SMILES string of the molecule is CC[C@@H]1C2C[C@H](O)CCC2(C)C2CCC3(C)C([C@H](C)CCOC(N)=O)CC[C@H]3C2[C@@H]1O. The van der Waals surface area contributed by atoms with Crippen molar-refractivity contribution >= 4 is 6.09 Å². The summed E-state index contributed by atoms with van der Waals surface area (Å²) in [6.45, 7) is 9.93. The molecule has 4 N–H and O–H groups in total. The van der Waals surface area contributed by atoms with E-state index in [0.717, 1.165) is 32.1 Å². The number of aliphatic hydroxyl groups is 2. The summed E-state index contributed by atoms with van der Waals surface area (Å²) in [6, 6.07) is 0. The molecule has 1 amide bonds. The molecule has 11 atom stereocenters. The molecule has 0 spiro atoms. The molecule has 0 bridgehead atoms. The van der Waals surface area contributed by atoms with Gasteiger partial charge in [-0.15, -0.1) is 0 Å². The Hall–Kier alpha value is -0.810. The molecule has 0 radical (unpaired) electrons. The normalized spacial score (nSPS) is 50.1. The van der Waals surface area contributed by atoms with Crippen molar-refractivity contribution in [2.75, 3.05) is 6.61 Å². The molecule has 0 aromatic rings. The molecular formula is C26H45NO4. The Bertz CT molecular complexity index is 670. The molecule has 4 aliphatic carbocycles. The van der Waals surface area contributed by atoms with Gasteiger partial charge in [0.1, 0.15) is 0 Å². The van der Waals surface area contributed by atoms with Gasteiger partial charge in [-0.2, -0.15) is 0 Å². The van der Waals surface area contributed by atoms with Gasteiger partial charge in [0.2, 0.25) is 0 Å². The molecule has 4 saturated carbocycles. The van der Waals surface area contributed by atoms with Crippen LogP contribution in [0.5, 0.6) is 0 Å². The summed E-state index contributed by atoms with van der Waals surface area (Å²) in [5.74, 6) is 3.40. The van der Waals surface area contributed by atoms with E-state index in [9.17, 15) is 15.0 Å². The quantitative estimate of drug-likeness (QED) is 0.582. The third-order valence-electron chi connectivity index (χ3n) is 11.0. The highest BCUT2D eigenvalue weighted by Gasteiger charge is 2.64. The van der Waals surface area contributed by atoms with E-state index >= 15 is 0 Å². The lowest BCUT2D eigenvalue weighted by Crippen LogP contribution is -2.62. The summed E-state index contributed by atoms with van der Waals surface area (Å²) >= 11 is 0. The van der Waals surface area contributed by atoms with Crippen LogP contribution in [0.25, 0.3) is 0 Å². The monoisotopic (exact) mass is 435 g/mol. The van der Waals surface area contributed by atoms with Gasteiger partial charge in [-0.3, -0.25) is 0 Å². The smallest absolute Gasteiger partial charge is 0.404 e. The summed E-state index contributed by atoms with van der Waals surface area (Å²) in [6.07, 6.45) is 8.52. The number of nitrogens with two attached hydrogens (primary N) is 1. The van der Waals surface area contributed by atoms with Crippen LogP contribution in [0.1, 0.15) is 85.5 Å². The van der Waals surface area contributed by atoms with Gasteiger partial charge in [0.25, 0.3) is 0 Å². The molecule has 4 aliphatic rings. The van der Waals surface area contributed by atoms with Gasteiger partial charge in [-0.05, 0) is 104 Å². The van der Waals surface area contributed by atoms with Gasteiger partial charge in [0.15, 0.2) is 0 Å². The van der Waals surface area contributed by atoms with Crippen LogP contribution in [0, 0.1) is 52.3 Å². The van der Waals surface area contributed by atoms with Crippen LogP contribution >= 0.6 is 0 Å². The third kappa shape index (κ3) is 3.72. The molecule has 0 heterocycles. The van der Waals surface area contributed by atoms with Crippen LogP contribution < -0.4 is 5.73 Å². The molecule has 0 saturated heterocycles. The second kappa shape index (κ2) is 8.52. The third-order valence-corrected chi connectivity index (χ3v) is 11.0. The number of primary amides is 1. The van der Waals surface area contributed by atoms with E-state index in [-0.39, 0.29) is 23.0 Å². The molecule has 4 rings (SSSR count). The Labute approximate surface area is 188 Å². The Balaban J connectivity index is 1.57. The zero-order valence-electron chi connectivity index (χ0n) is 20.1. The number of amides is 1. The second-order valence-electron chi connectivity index (χ2n) is 12.1. The summed E-state index contributed by atoms with van der Waals surface area (Å²) in [7, 11) is 0. The second-order valence-corrected chi connectivity index (χ2v) is 12.1. The minimum atomic E-state index is -0.681. The predicted octanol–water partition coefficient (Wildman–Crippen LogP) is 4.73. The number of hydrogen-bond donors (Lipinski definition) is 3. The van der Waals surface area contributed by atoms with Gasteiger partial charge in [0, 0.05) is 0 Å². The number of aliphatic hydroxyl groups excluding tert-OH is 2. The fourth-order valence-corrected chi connectivity index (χ4v) is 9.48. The Morgan fingerprint density at radius 1 is 1.06 bits per heavy atom. The molecule has 0 aromatic heterocycles. The minimum absolute atomic E-state index is 0.191. The van der Waals surface area contributed by atoms with Crippen LogP contribution in [0.2, 0.25) is 0 Å². The van der Waals surface area contributed by atoms with Crippen LogP contribution in [-0.4, -0.2) is 35.1 Å². The van der Waals surface area contributed by atoms with Crippen LogP contribution in [0.3, 0.4) is 0 Å². The molecule has 0 aromatic carbocycles. The molecule has 5 heteroatoms. The van der Waals surface area contributed by atoms with Gasteiger partial charge < -0.3 is 20.7 Å². The van der Waals surface area contributed by atoms with Crippen molar-refractivity contribution in [3.63, 3.8) is 0 Å². The number of fused-ring (bicyclic) bond motifs is 5. The number of hydrogen-bond acceptors (Lipinski definition) is 4. The van der Waals surface area contributed by atoms with E-state index in [1.807, 2.05) is 0 Å². The lowest BCUT2D eigenvalue weighted by Gasteiger charge is -2.64. The average molecular weight is 436 g/mol. The van der Waals surface area contributed by atoms with Crippen molar-refractivity contribution in [2.45, 2.75) is 97.7 Å². The molecule has 5 nitrogen and oxygen atoms in total. The first-order valence-corrected chi connectivity index (χ1v) is 12.9. The molecule has 6 unspecified atom stereocenters. The van der Waals surface area contributed by atoms with Crippen LogP contribution in [0.4, 0.5) is 4.79 Å². The van der Waals surface area contributed by atoms with E-state index in [1.54, 1.807) is 0 Å². The number of rotatable bonds is 5. The topological polar surface area (TPSA) is 92.8 Å². The fourth-order valence-electron chi connectivity index (χ4n) is 9.48. The van der Waals surface area contributed by atoms with Gasteiger partial charge in [0.05, 0.1) is 18.8 Å². The first kappa shape index (κ1) is 23.4. The zero-order valence-corrected chi connectivity index (χ0v) is 20.1. The summed E-state index contributed by atoms with van der Waals surface area (Å²) in [4.78, 5) is 11.0. The number of ether oxygens (including phenoxy) is 1. The Morgan fingerprint density at radius 2 is 1.74 bits per heavy atom. The van der Waals surface area contributed by atoms with Crippen molar-refractivity contribution in [3.05, 3.63) is 0 Å². The Morgan fingerprint density at radius 3 is 2.42 bits per heavy atom. The lowest BCUT2D eigenvalue weighted by molar-refractivity contribution is -0.203. The van der Waals surface area contributed by atoms with E-state index in [1.165, 1.54) is 25.7 Å². The number of carbonyl (C=O) groups excluding carboxylic acids is 1. The van der Waals surface area contributed by atoms with Gasteiger partial charge in [-0.1, -0.05) is 34.1 Å². The summed E-state index contributed by atoms with van der Waals surface area (Å²) in [5.41, 5.74) is 5.66. The van der Waals surface area contributed by atoms with Crippen LogP contribution in [-0.2, 0) is 4.74 Å². The van der Waals surface area contributed by atoms with E-state index in [4.69, 9.17) is 10.5 Å². The highest BCUT2D eigenvalue weighted by atomic mass is 16.5. The number of carbonyl (C=O) groups is 1. The molecule has 4 fully saturated rings. The highest BCUT2D eigenvalue weighted by molar-refractivity contribution is 5.64. The standard InChI is InChI=1S/C26H45NO4/c1-5-17-21-14-16(28)8-11-26(21,4)20-9-12-25(3)18(15(2)10-13-31-24(27)30)6-7-19(25)22(20)23(17)29/h15-23,28-29H,5-14H2,1-4H3,(H2,27,30)/t15-,16-,17-,18?,19+,20?,21?,22?,23-,25?,26?/m1/s1. The van der Waals surface area contributed by atoms with Crippen molar-refractivity contribution in [1.29, 1.82) is 0 Å². The maximum Gasteiger partial charge on any atom is 0.404 e. The van der Waals surface area contributed by atoms with Crippen LogP contribution in [0.15, 0.2) is 0 Å².